The number of ketones is 1. The molecule has 0 spiro atoms. The number of amides is 3. The van der Waals surface area contributed by atoms with Crippen LogP contribution < -0.4 is 30.6 Å². The number of ether oxygens (including phenoxy) is 4. The van der Waals surface area contributed by atoms with Crippen molar-refractivity contribution in [2.75, 3.05) is 72.4 Å². The molecule has 1 fully saturated rings. The Labute approximate surface area is 477 Å². The fraction of sp³-hybridized carbons (Fsp3) is 0.540. The minimum Gasteiger partial charge on any atom is -0.493 e. The highest BCUT2D eigenvalue weighted by molar-refractivity contribution is 7.97. The van der Waals surface area contributed by atoms with Gasteiger partial charge >= 0.3 is 6.09 Å². The number of carbonyl (C=O) groups excluding carboxylic acids is 4. The molecule has 0 radical (unpaired) electrons. The fourth-order valence-electron chi connectivity index (χ4n) is 8.16. The average molecular weight is 1110 g/mol. The third-order valence-corrected chi connectivity index (χ3v) is 15.3. The summed E-state index contributed by atoms with van der Waals surface area (Å²) in [6.45, 7) is 24.9. The van der Waals surface area contributed by atoms with Gasteiger partial charge in [0.15, 0.2) is 11.5 Å². The van der Waals surface area contributed by atoms with Crippen LogP contribution in [0.1, 0.15) is 130 Å². The molecule has 0 aromatic heterocycles. The van der Waals surface area contributed by atoms with Crippen molar-refractivity contribution < 1.29 is 48.0 Å². The molecule has 79 heavy (non-hydrogen) atoms. The summed E-state index contributed by atoms with van der Waals surface area (Å²) < 4.78 is 24.6. The van der Waals surface area contributed by atoms with Gasteiger partial charge in [0.1, 0.15) is 12.4 Å². The lowest BCUT2D eigenvalue weighted by atomic mass is 9.65. The van der Waals surface area contributed by atoms with E-state index in [-0.39, 0.29) is 29.5 Å². The van der Waals surface area contributed by atoms with Gasteiger partial charge in [0, 0.05) is 54.1 Å². The standard InChI is InChI=1S/C43H64N4O6S.C12H21NO2.C7H8.CH2O2/c1-32(2)31-47(54-37-20-18-35(44)19-21-37)26-12-24-46-41(49)53-27-11-23-42(3,4)43(5,6)40(48)45-25-28-52-36-16-10-15-33(29-36)13-9-14-34-17-22-38(50-7)39(30-34)51-8;1-4-12(2,3)10(14)11(15)13-8-6-5-7-9-13;1-7-5-3-2-4-6-7;2-1-3/h10,15-22,29-30,32H,9,11-14,23-28,31,44H2,1-8H3,(H,45,48)(H,46,49);4-9H2,1-3H3;2-6H,1H3;1H,(H,2,3). The van der Waals surface area contributed by atoms with Crippen molar-refractivity contribution in [1.29, 1.82) is 0 Å². The van der Waals surface area contributed by atoms with E-state index >= 15 is 0 Å². The Hall–Kier alpha value is -6.26. The van der Waals surface area contributed by atoms with Crippen LogP contribution in [0.25, 0.3) is 0 Å². The first-order chi connectivity index (χ1) is 37.5. The van der Waals surface area contributed by atoms with E-state index in [9.17, 15) is 19.2 Å². The number of nitrogen functional groups attached to an aromatic ring is 1. The van der Waals surface area contributed by atoms with E-state index in [1.54, 1.807) is 31.1 Å². The summed E-state index contributed by atoms with van der Waals surface area (Å²) in [4.78, 5) is 60.7. The van der Waals surface area contributed by atoms with Crippen molar-refractivity contribution in [3.05, 3.63) is 114 Å². The van der Waals surface area contributed by atoms with Crippen LogP contribution in [0.2, 0.25) is 0 Å². The van der Waals surface area contributed by atoms with Gasteiger partial charge in [0.05, 0.1) is 27.4 Å². The molecule has 0 bridgehead atoms. The Morgan fingerprint density at radius 1 is 0.772 bits per heavy atom. The number of hydrogen-bond acceptors (Lipinski definition) is 12. The first kappa shape index (κ1) is 68.8. The summed E-state index contributed by atoms with van der Waals surface area (Å²) >= 11 is 1.71. The minimum absolute atomic E-state index is 0.0280. The highest BCUT2D eigenvalue weighted by Gasteiger charge is 2.42. The smallest absolute Gasteiger partial charge is 0.407 e. The Bertz CT molecular complexity index is 2390. The maximum atomic E-state index is 13.3. The molecular formula is C63H95N5O10S. The molecule has 0 aliphatic carbocycles. The second-order valence-corrected chi connectivity index (χ2v) is 23.1. The van der Waals surface area contributed by atoms with Gasteiger partial charge in [-0.15, -0.1) is 0 Å². The summed E-state index contributed by atoms with van der Waals surface area (Å²) in [5.74, 6) is 2.25. The second kappa shape index (κ2) is 36.8. The van der Waals surface area contributed by atoms with Crippen molar-refractivity contribution in [1.82, 2.24) is 19.8 Å². The number of hydrogen-bond donors (Lipinski definition) is 4. The first-order valence-corrected chi connectivity index (χ1v) is 28.6. The molecule has 5 rings (SSSR count). The molecule has 0 saturated carbocycles. The van der Waals surface area contributed by atoms with Gasteiger partial charge < -0.3 is 45.3 Å². The molecular weight excluding hydrogens is 1020 g/mol. The van der Waals surface area contributed by atoms with Gasteiger partial charge in [-0.25, -0.2) is 9.10 Å². The highest BCUT2D eigenvalue weighted by Crippen LogP contribution is 2.42. The van der Waals surface area contributed by atoms with Crippen molar-refractivity contribution in [3.8, 4) is 17.2 Å². The maximum Gasteiger partial charge on any atom is 0.407 e. The van der Waals surface area contributed by atoms with Crippen LogP contribution in [0.4, 0.5) is 10.5 Å². The van der Waals surface area contributed by atoms with Crippen LogP contribution in [0.5, 0.6) is 17.2 Å². The molecule has 1 saturated heterocycles. The zero-order chi connectivity index (χ0) is 58.9. The molecule has 3 amide bonds. The van der Waals surface area contributed by atoms with Crippen molar-refractivity contribution in [3.63, 3.8) is 0 Å². The van der Waals surface area contributed by atoms with Crippen molar-refractivity contribution in [2.24, 2.45) is 22.2 Å². The summed E-state index contributed by atoms with van der Waals surface area (Å²) in [6, 6.07) is 32.3. The van der Waals surface area contributed by atoms with Crippen LogP contribution in [0.15, 0.2) is 102 Å². The van der Waals surface area contributed by atoms with Crippen LogP contribution in [0.3, 0.4) is 0 Å². The van der Waals surface area contributed by atoms with Gasteiger partial charge in [-0.3, -0.25) is 19.2 Å². The van der Waals surface area contributed by atoms with E-state index in [1.165, 1.54) is 23.1 Å². The summed E-state index contributed by atoms with van der Waals surface area (Å²) in [7, 11) is 3.29. The lowest BCUT2D eigenvalue weighted by Gasteiger charge is -2.40. The topological polar surface area (TPSA) is 199 Å². The summed E-state index contributed by atoms with van der Waals surface area (Å²) in [5, 5.41) is 12.8. The molecule has 1 aliphatic heterocycles. The third-order valence-electron chi connectivity index (χ3n) is 14.2. The van der Waals surface area contributed by atoms with Crippen LogP contribution in [-0.2, 0) is 36.8 Å². The maximum absolute atomic E-state index is 13.3. The van der Waals surface area contributed by atoms with E-state index in [4.69, 9.17) is 34.6 Å². The van der Waals surface area contributed by atoms with Crippen LogP contribution in [0, 0.1) is 29.1 Å². The molecule has 16 heteroatoms. The number of likely N-dealkylation sites (tertiary alicyclic amines) is 1. The van der Waals surface area contributed by atoms with Crippen LogP contribution in [-0.4, -0.2) is 111 Å². The predicted molar refractivity (Wildman–Crippen MR) is 320 cm³/mol. The number of carboxylic acid groups (broad SMARTS) is 1. The molecule has 15 nitrogen and oxygen atoms in total. The molecule has 5 N–H and O–H groups in total. The number of aryl methyl sites for hydroxylation is 3. The van der Waals surface area contributed by atoms with E-state index < -0.39 is 16.9 Å². The zero-order valence-electron chi connectivity index (χ0n) is 49.6. The Morgan fingerprint density at radius 3 is 1.99 bits per heavy atom. The van der Waals surface area contributed by atoms with E-state index in [0.717, 1.165) is 99.0 Å². The van der Waals surface area contributed by atoms with E-state index in [1.807, 2.05) is 101 Å². The zero-order valence-corrected chi connectivity index (χ0v) is 50.4. The second-order valence-electron chi connectivity index (χ2n) is 21.9. The van der Waals surface area contributed by atoms with Crippen molar-refractivity contribution in [2.45, 2.75) is 138 Å². The Morgan fingerprint density at radius 2 is 1.41 bits per heavy atom. The number of Topliss-reactive ketones (excluding diaryl/α,β-unsaturated/α-hetero) is 1. The number of nitrogens with zero attached hydrogens (tertiary/aromatic N) is 2. The van der Waals surface area contributed by atoms with Gasteiger partial charge in [-0.05, 0) is 154 Å². The number of benzene rings is 4. The molecule has 1 aliphatic rings. The van der Waals surface area contributed by atoms with Gasteiger partial charge in [0.2, 0.25) is 11.7 Å². The molecule has 438 valence electrons. The fourth-order valence-corrected chi connectivity index (χ4v) is 9.31. The molecule has 4 aromatic carbocycles. The average Bonchev–Trinajstić information content (AvgIpc) is 3.45. The van der Waals surface area contributed by atoms with Gasteiger partial charge in [-0.2, -0.15) is 0 Å². The van der Waals surface area contributed by atoms with Crippen LogP contribution >= 0.6 is 11.9 Å². The number of piperidine rings is 1. The van der Waals surface area contributed by atoms with Gasteiger partial charge in [-0.1, -0.05) is 116 Å². The van der Waals surface area contributed by atoms with Crippen molar-refractivity contribution >= 4 is 47.8 Å². The molecule has 0 unspecified atom stereocenters. The Kier molecular flexibility index (Phi) is 32.1. The lowest BCUT2D eigenvalue weighted by molar-refractivity contribution is -0.149. The largest absolute Gasteiger partial charge is 0.493 e. The molecule has 4 aromatic rings. The number of methoxy groups -OCH3 is 2. The number of alkyl carbamates (subject to hydrolysis) is 1. The normalized spacial score (nSPS) is 12.3. The number of rotatable bonds is 27. The minimum atomic E-state index is -0.644. The number of anilines is 1. The van der Waals surface area contributed by atoms with E-state index in [2.05, 4.69) is 79.9 Å². The highest BCUT2D eigenvalue weighted by atomic mass is 32.2. The number of nitrogens with one attached hydrogen (secondary N) is 2. The first-order valence-electron chi connectivity index (χ1n) is 27.9. The molecule has 0 atom stereocenters. The Balaban J connectivity index is 0.000000693. The summed E-state index contributed by atoms with van der Waals surface area (Å²) in [6.07, 6.45) is 8.57. The quantitative estimate of drug-likeness (QED) is 0.0145. The van der Waals surface area contributed by atoms with E-state index in [0.29, 0.717) is 45.1 Å². The monoisotopic (exact) mass is 1110 g/mol. The lowest BCUT2D eigenvalue weighted by Crippen LogP contribution is -2.47. The SMILES string of the molecule is CCC(C)(C)C(=O)C(=O)N1CCCCC1.COc1ccc(CCCc2cccc(OCCNC(=O)C(C)(C)C(C)(C)CCCOC(=O)NCCCN(CC(C)C)Sc3ccc(N)cc3)c2)cc1OC.Cc1ccccc1.O=CO. The number of carbonyl (C=O) groups is 5. The molecule has 1 heterocycles. The van der Waals surface area contributed by atoms with Gasteiger partial charge in [0.25, 0.3) is 12.4 Å². The predicted octanol–water partition coefficient (Wildman–Crippen LogP) is 12.3. The third kappa shape index (κ3) is 26.5. The summed E-state index contributed by atoms with van der Waals surface area (Å²) in [5.41, 5.74) is 8.83. The number of nitrogens with two attached hydrogens (primary N) is 1.